The Morgan fingerprint density at radius 2 is 2.17 bits per heavy atom. The van der Waals surface area contributed by atoms with Gasteiger partial charge in [0.2, 0.25) is 0 Å². The van der Waals surface area contributed by atoms with E-state index in [9.17, 15) is 0 Å². The molecule has 5 heteroatoms. The fraction of sp³-hybridized carbons (Fsp3) is 0.615. The Bertz CT molecular complexity index is 539. The Hall–Kier alpha value is -1.49. The monoisotopic (exact) mass is 245 g/mol. The van der Waals surface area contributed by atoms with Crippen molar-refractivity contribution >= 4 is 5.65 Å². The zero-order valence-electron chi connectivity index (χ0n) is 10.7. The van der Waals surface area contributed by atoms with Gasteiger partial charge in [-0.2, -0.15) is 0 Å². The van der Waals surface area contributed by atoms with Crippen LogP contribution in [0.5, 0.6) is 0 Å². The van der Waals surface area contributed by atoms with Gasteiger partial charge in [0.25, 0.3) is 0 Å². The summed E-state index contributed by atoms with van der Waals surface area (Å²) >= 11 is 0. The first-order valence-electron chi connectivity index (χ1n) is 6.67. The third-order valence-electron chi connectivity index (χ3n) is 4.23. The molecule has 0 bridgehead atoms. The number of hydrogen-bond acceptors (Lipinski definition) is 4. The van der Waals surface area contributed by atoms with Gasteiger partial charge in [-0.15, -0.1) is 10.2 Å². The van der Waals surface area contributed by atoms with E-state index in [4.69, 9.17) is 5.73 Å². The zero-order valence-corrected chi connectivity index (χ0v) is 10.7. The number of nitrogens with two attached hydrogens (primary N) is 1. The van der Waals surface area contributed by atoms with Gasteiger partial charge in [-0.25, -0.2) is 0 Å². The summed E-state index contributed by atoms with van der Waals surface area (Å²) in [6.07, 6.45) is 11.0. The summed E-state index contributed by atoms with van der Waals surface area (Å²) in [6, 6.07) is 0. The minimum absolute atomic E-state index is 0.327. The molecule has 2 heterocycles. The molecule has 96 valence electrons. The number of nitrogens with zero attached hydrogens (tertiary/aromatic N) is 4. The van der Waals surface area contributed by atoms with Gasteiger partial charge in [-0.1, -0.05) is 13.3 Å². The molecule has 1 aliphatic carbocycles. The molecule has 0 atom stereocenters. The second kappa shape index (κ2) is 4.31. The molecule has 0 aliphatic heterocycles. The maximum Gasteiger partial charge on any atom is 0.179 e. The standard InChI is InChI=1S/C13H19N5/c1-2-10-3-5-13(14,6-4-10)12-17-16-11-9-15-7-8-18(11)12/h7-10H,2-6,14H2,1H3. The zero-order chi connectivity index (χ0) is 12.6. The van der Waals surface area contributed by atoms with E-state index in [1.165, 1.54) is 19.3 Å². The van der Waals surface area contributed by atoms with Gasteiger partial charge in [0.15, 0.2) is 11.5 Å². The van der Waals surface area contributed by atoms with Crippen molar-refractivity contribution in [2.75, 3.05) is 0 Å². The molecule has 1 fully saturated rings. The number of hydrogen-bond donors (Lipinski definition) is 1. The second-order valence-electron chi connectivity index (χ2n) is 5.34. The average molecular weight is 245 g/mol. The van der Waals surface area contributed by atoms with Crippen molar-refractivity contribution in [2.45, 2.75) is 44.6 Å². The van der Waals surface area contributed by atoms with Crippen molar-refractivity contribution in [3.8, 4) is 0 Å². The minimum Gasteiger partial charge on any atom is -0.319 e. The topological polar surface area (TPSA) is 69.1 Å². The summed E-state index contributed by atoms with van der Waals surface area (Å²) in [4.78, 5) is 4.06. The summed E-state index contributed by atoms with van der Waals surface area (Å²) in [5, 5.41) is 8.44. The van der Waals surface area contributed by atoms with Gasteiger partial charge in [0, 0.05) is 12.4 Å². The van der Waals surface area contributed by atoms with Crippen LogP contribution in [0.3, 0.4) is 0 Å². The normalized spacial score (nSPS) is 28.7. The molecule has 0 spiro atoms. The molecular formula is C13H19N5. The van der Waals surface area contributed by atoms with E-state index < -0.39 is 0 Å². The van der Waals surface area contributed by atoms with Crippen molar-refractivity contribution in [3.05, 3.63) is 24.4 Å². The Kier molecular flexibility index (Phi) is 2.78. The quantitative estimate of drug-likeness (QED) is 0.877. The molecule has 1 saturated carbocycles. The molecule has 0 amide bonds. The molecule has 2 aromatic heterocycles. The lowest BCUT2D eigenvalue weighted by Gasteiger charge is -2.35. The fourth-order valence-corrected chi connectivity index (χ4v) is 2.92. The van der Waals surface area contributed by atoms with Crippen molar-refractivity contribution in [1.29, 1.82) is 0 Å². The summed E-state index contributed by atoms with van der Waals surface area (Å²) < 4.78 is 1.97. The lowest BCUT2D eigenvalue weighted by Crippen LogP contribution is -2.42. The maximum absolute atomic E-state index is 6.56. The van der Waals surface area contributed by atoms with Crippen molar-refractivity contribution in [3.63, 3.8) is 0 Å². The van der Waals surface area contributed by atoms with E-state index in [1.54, 1.807) is 12.4 Å². The highest BCUT2D eigenvalue weighted by Crippen LogP contribution is 2.37. The van der Waals surface area contributed by atoms with Gasteiger partial charge in [0.05, 0.1) is 11.7 Å². The fourth-order valence-electron chi connectivity index (χ4n) is 2.92. The first kappa shape index (κ1) is 11.6. The SMILES string of the molecule is CCC1CCC(N)(c2nnc3cnccn23)CC1. The van der Waals surface area contributed by atoms with Gasteiger partial charge in [-0.3, -0.25) is 9.38 Å². The first-order valence-corrected chi connectivity index (χ1v) is 6.67. The van der Waals surface area contributed by atoms with E-state index in [0.717, 1.165) is 30.2 Å². The third kappa shape index (κ3) is 1.79. The van der Waals surface area contributed by atoms with E-state index in [-0.39, 0.29) is 5.54 Å². The van der Waals surface area contributed by atoms with E-state index in [0.29, 0.717) is 0 Å². The lowest BCUT2D eigenvalue weighted by molar-refractivity contribution is 0.220. The second-order valence-corrected chi connectivity index (χ2v) is 5.34. The van der Waals surface area contributed by atoms with Crippen LogP contribution in [-0.4, -0.2) is 19.6 Å². The highest BCUT2D eigenvalue weighted by molar-refractivity contribution is 5.35. The van der Waals surface area contributed by atoms with Crippen LogP contribution >= 0.6 is 0 Å². The van der Waals surface area contributed by atoms with Crippen LogP contribution in [-0.2, 0) is 5.54 Å². The molecule has 0 radical (unpaired) electrons. The van der Waals surface area contributed by atoms with Gasteiger partial charge < -0.3 is 5.73 Å². The van der Waals surface area contributed by atoms with Crippen LogP contribution in [0, 0.1) is 5.92 Å². The van der Waals surface area contributed by atoms with Crippen molar-refractivity contribution in [2.24, 2.45) is 11.7 Å². The summed E-state index contributed by atoms with van der Waals surface area (Å²) in [5.41, 5.74) is 7.01. The van der Waals surface area contributed by atoms with Crippen LogP contribution in [0.25, 0.3) is 5.65 Å². The van der Waals surface area contributed by atoms with E-state index in [2.05, 4.69) is 22.1 Å². The lowest BCUT2D eigenvalue weighted by atomic mass is 9.76. The Labute approximate surface area is 106 Å². The molecule has 5 nitrogen and oxygen atoms in total. The average Bonchev–Trinajstić information content (AvgIpc) is 2.84. The first-order chi connectivity index (χ1) is 8.73. The number of fused-ring (bicyclic) bond motifs is 1. The van der Waals surface area contributed by atoms with Gasteiger partial charge >= 0.3 is 0 Å². The van der Waals surface area contributed by atoms with Crippen LogP contribution < -0.4 is 5.73 Å². The van der Waals surface area contributed by atoms with Crippen LogP contribution in [0.15, 0.2) is 18.6 Å². The Morgan fingerprint density at radius 3 is 2.89 bits per heavy atom. The molecule has 0 unspecified atom stereocenters. The molecule has 1 aliphatic rings. The van der Waals surface area contributed by atoms with Crippen LogP contribution in [0.4, 0.5) is 0 Å². The predicted molar refractivity (Wildman–Crippen MR) is 68.9 cm³/mol. The largest absolute Gasteiger partial charge is 0.319 e. The highest BCUT2D eigenvalue weighted by Gasteiger charge is 2.36. The highest BCUT2D eigenvalue weighted by atomic mass is 15.3. The van der Waals surface area contributed by atoms with E-state index >= 15 is 0 Å². The molecule has 3 rings (SSSR count). The third-order valence-corrected chi connectivity index (χ3v) is 4.23. The summed E-state index contributed by atoms with van der Waals surface area (Å²) in [7, 11) is 0. The Balaban J connectivity index is 1.94. The van der Waals surface area contributed by atoms with E-state index in [1.807, 2.05) is 10.6 Å². The molecule has 0 saturated heterocycles. The molecular weight excluding hydrogens is 226 g/mol. The smallest absolute Gasteiger partial charge is 0.179 e. The van der Waals surface area contributed by atoms with Gasteiger partial charge in [0.1, 0.15) is 0 Å². The molecule has 2 aromatic rings. The molecule has 18 heavy (non-hydrogen) atoms. The number of aromatic nitrogens is 4. The maximum atomic E-state index is 6.56. The van der Waals surface area contributed by atoms with Crippen molar-refractivity contribution < 1.29 is 0 Å². The van der Waals surface area contributed by atoms with Gasteiger partial charge in [-0.05, 0) is 31.6 Å². The van der Waals surface area contributed by atoms with Crippen LogP contribution in [0.1, 0.15) is 44.9 Å². The molecule has 0 aromatic carbocycles. The van der Waals surface area contributed by atoms with Crippen LogP contribution in [0.2, 0.25) is 0 Å². The predicted octanol–water partition coefficient (Wildman–Crippen LogP) is 1.88. The number of rotatable bonds is 2. The van der Waals surface area contributed by atoms with Crippen molar-refractivity contribution in [1.82, 2.24) is 19.6 Å². The Morgan fingerprint density at radius 1 is 1.39 bits per heavy atom. The minimum atomic E-state index is -0.327. The summed E-state index contributed by atoms with van der Waals surface area (Å²) in [5.74, 6) is 1.71. The summed E-state index contributed by atoms with van der Waals surface area (Å²) in [6.45, 7) is 2.26. The molecule has 2 N–H and O–H groups in total.